The largest absolute Gasteiger partial charge is 0.466 e. The summed E-state index contributed by atoms with van der Waals surface area (Å²) in [5, 5.41) is 3.13. The Morgan fingerprint density at radius 2 is 1.93 bits per heavy atom. The van der Waals surface area contributed by atoms with Crippen LogP contribution >= 0.6 is 0 Å². The second kappa shape index (κ2) is 10.2. The van der Waals surface area contributed by atoms with Gasteiger partial charge in [-0.3, -0.25) is 19.6 Å². The molecule has 0 unspecified atom stereocenters. The minimum atomic E-state index is 0.118. The fourth-order valence-electron chi connectivity index (χ4n) is 4.81. The van der Waals surface area contributed by atoms with Crippen molar-refractivity contribution in [3.63, 3.8) is 0 Å². The molecule has 162 valence electrons. The number of piperidine rings is 2. The molecule has 1 N–H and O–H groups in total. The summed E-state index contributed by atoms with van der Waals surface area (Å²) < 4.78 is 5.59. The van der Waals surface area contributed by atoms with E-state index in [-0.39, 0.29) is 11.8 Å². The van der Waals surface area contributed by atoms with Gasteiger partial charge in [-0.1, -0.05) is 0 Å². The van der Waals surface area contributed by atoms with Gasteiger partial charge in [-0.2, -0.15) is 0 Å². The van der Waals surface area contributed by atoms with Crippen LogP contribution in [-0.2, 0) is 17.8 Å². The number of aromatic nitrogens is 1. The van der Waals surface area contributed by atoms with Crippen LogP contribution in [0.15, 0.2) is 41.1 Å². The van der Waals surface area contributed by atoms with Crippen molar-refractivity contribution >= 4 is 5.91 Å². The lowest BCUT2D eigenvalue weighted by Crippen LogP contribution is -2.50. The van der Waals surface area contributed by atoms with Crippen molar-refractivity contribution < 1.29 is 9.21 Å². The normalized spacial score (nSPS) is 21.6. The number of amides is 1. The van der Waals surface area contributed by atoms with E-state index in [4.69, 9.17) is 4.42 Å². The molecule has 0 spiro atoms. The first-order valence-electron chi connectivity index (χ1n) is 11.4. The number of furan rings is 1. The second-order valence-corrected chi connectivity index (χ2v) is 8.75. The lowest BCUT2D eigenvalue weighted by Gasteiger charge is -2.42. The predicted octanol–water partition coefficient (Wildman–Crippen LogP) is 3.02. The van der Waals surface area contributed by atoms with Gasteiger partial charge in [-0.05, 0) is 82.1 Å². The van der Waals surface area contributed by atoms with Gasteiger partial charge in [0.2, 0.25) is 5.91 Å². The number of pyridine rings is 1. The van der Waals surface area contributed by atoms with Crippen molar-refractivity contribution in [1.82, 2.24) is 20.1 Å². The first-order valence-corrected chi connectivity index (χ1v) is 11.4. The standard InChI is InChI=1S/C24H34N4O2/c1-19-4-5-23(30-19)8-13-26-24(29)21-3-2-14-28(18-21)22-9-15-27(16-10-22)17-20-6-11-25-12-7-20/h4-7,11-12,21-22H,2-3,8-10,13-18H2,1H3,(H,26,29)/t21-/m0/s1. The summed E-state index contributed by atoms with van der Waals surface area (Å²) in [5.74, 6) is 2.19. The lowest BCUT2D eigenvalue weighted by atomic mass is 9.93. The molecule has 1 atom stereocenters. The Morgan fingerprint density at radius 1 is 1.13 bits per heavy atom. The zero-order chi connectivity index (χ0) is 20.8. The first kappa shape index (κ1) is 21.1. The van der Waals surface area contributed by atoms with Crippen molar-refractivity contribution in [1.29, 1.82) is 0 Å². The molecule has 0 aromatic carbocycles. The van der Waals surface area contributed by atoms with Gasteiger partial charge in [0.25, 0.3) is 0 Å². The Kier molecular flexibility index (Phi) is 7.18. The van der Waals surface area contributed by atoms with Crippen LogP contribution in [0.5, 0.6) is 0 Å². The summed E-state index contributed by atoms with van der Waals surface area (Å²) in [7, 11) is 0. The van der Waals surface area contributed by atoms with Crippen LogP contribution in [0.25, 0.3) is 0 Å². The Morgan fingerprint density at radius 3 is 2.67 bits per heavy atom. The Balaban J connectivity index is 1.19. The maximum absolute atomic E-state index is 12.7. The molecule has 2 aromatic heterocycles. The molecule has 1 amide bonds. The van der Waals surface area contributed by atoms with Gasteiger partial charge in [-0.25, -0.2) is 0 Å². The number of carbonyl (C=O) groups is 1. The highest BCUT2D eigenvalue weighted by Gasteiger charge is 2.31. The molecule has 0 saturated carbocycles. The van der Waals surface area contributed by atoms with E-state index in [1.54, 1.807) is 0 Å². The fourth-order valence-corrected chi connectivity index (χ4v) is 4.81. The third-order valence-electron chi connectivity index (χ3n) is 6.52. The number of nitrogens with one attached hydrogen (secondary N) is 1. The zero-order valence-electron chi connectivity index (χ0n) is 18.1. The molecular formula is C24H34N4O2. The monoisotopic (exact) mass is 410 g/mol. The summed E-state index contributed by atoms with van der Waals surface area (Å²) >= 11 is 0. The van der Waals surface area contributed by atoms with Crippen molar-refractivity contribution in [2.75, 3.05) is 32.7 Å². The molecule has 2 aliphatic heterocycles. The molecule has 6 heteroatoms. The van der Waals surface area contributed by atoms with Gasteiger partial charge in [0, 0.05) is 44.5 Å². The molecule has 0 aliphatic carbocycles. The van der Waals surface area contributed by atoms with Crippen LogP contribution in [0, 0.1) is 12.8 Å². The molecule has 0 bridgehead atoms. The van der Waals surface area contributed by atoms with E-state index < -0.39 is 0 Å². The molecule has 2 fully saturated rings. The average Bonchev–Trinajstić information content (AvgIpc) is 3.20. The van der Waals surface area contributed by atoms with Crippen LogP contribution < -0.4 is 5.32 Å². The highest BCUT2D eigenvalue weighted by atomic mass is 16.3. The highest BCUT2D eigenvalue weighted by molar-refractivity contribution is 5.78. The van der Waals surface area contributed by atoms with Crippen LogP contribution in [0.1, 0.15) is 42.8 Å². The molecule has 2 aromatic rings. The number of hydrogen-bond acceptors (Lipinski definition) is 5. The number of rotatable bonds is 7. The summed E-state index contributed by atoms with van der Waals surface area (Å²) in [4.78, 5) is 21.9. The van der Waals surface area contributed by atoms with Crippen LogP contribution in [0.2, 0.25) is 0 Å². The molecular weight excluding hydrogens is 376 g/mol. The average molecular weight is 411 g/mol. The molecule has 4 heterocycles. The van der Waals surface area contributed by atoms with E-state index in [0.29, 0.717) is 12.6 Å². The minimum Gasteiger partial charge on any atom is -0.466 e. The van der Waals surface area contributed by atoms with Crippen molar-refractivity contribution in [2.24, 2.45) is 5.92 Å². The van der Waals surface area contributed by atoms with Gasteiger partial charge in [-0.15, -0.1) is 0 Å². The topological polar surface area (TPSA) is 61.6 Å². The van der Waals surface area contributed by atoms with Gasteiger partial charge in [0.05, 0.1) is 5.92 Å². The smallest absolute Gasteiger partial charge is 0.224 e. The number of carbonyl (C=O) groups excluding carboxylic acids is 1. The molecule has 0 radical (unpaired) electrons. The van der Waals surface area contributed by atoms with Gasteiger partial charge in [0.15, 0.2) is 0 Å². The lowest BCUT2D eigenvalue weighted by molar-refractivity contribution is -0.127. The van der Waals surface area contributed by atoms with Crippen molar-refractivity contribution in [3.8, 4) is 0 Å². The Hall–Kier alpha value is -2.18. The summed E-state index contributed by atoms with van der Waals surface area (Å²) in [6, 6.07) is 8.78. The summed E-state index contributed by atoms with van der Waals surface area (Å²) in [5.41, 5.74) is 1.34. The molecule has 2 saturated heterocycles. The van der Waals surface area contributed by atoms with Gasteiger partial charge in [0.1, 0.15) is 11.5 Å². The second-order valence-electron chi connectivity index (χ2n) is 8.75. The van der Waals surface area contributed by atoms with E-state index >= 15 is 0 Å². The molecule has 6 nitrogen and oxygen atoms in total. The van der Waals surface area contributed by atoms with Crippen LogP contribution in [0.4, 0.5) is 0 Å². The molecule has 30 heavy (non-hydrogen) atoms. The van der Waals surface area contributed by atoms with E-state index in [2.05, 4.69) is 32.2 Å². The Labute approximate surface area is 179 Å². The maximum Gasteiger partial charge on any atom is 0.224 e. The highest BCUT2D eigenvalue weighted by Crippen LogP contribution is 2.24. The minimum absolute atomic E-state index is 0.118. The van der Waals surface area contributed by atoms with Crippen LogP contribution in [-0.4, -0.2) is 59.5 Å². The predicted molar refractivity (Wildman–Crippen MR) is 117 cm³/mol. The van der Waals surface area contributed by atoms with Gasteiger partial charge >= 0.3 is 0 Å². The van der Waals surface area contributed by atoms with E-state index in [1.165, 1.54) is 18.4 Å². The zero-order valence-corrected chi connectivity index (χ0v) is 18.1. The van der Waals surface area contributed by atoms with Crippen molar-refractivity contribution in [2.45, 2.75) is 51.6 Å². The number of hydrogen-bond donors (Lipinski definition) is 1. The third kappa shape index (κ3) is 5.70. The Bertz CT molecular complexity index is 799. The van der Waals surface area contributed by atoms with E-state index in [0.717, 1.165) is 63.5 Å². The summed E-state index contributed by atoms with van der Waals surface area (Å²) in [6.45, 7) is 7.89. The summed E-state index contributed by atoms with van der Waals surface area (Å²) in [6.07, 6.45) is 9.00. The molecule has 2 aliphatic rings. The number of nitrogens with zero attached hydrogens (tertiary/aromatic N) is 3. The van der Waals surface area contributed by atoms with Gasteiger partial charge < -0.3 is 9.73 Å². The van der Waals surface area contributed by atoms with Crippen molar-refractivity contribution in [3.05, 3.63) is 53.7 Å². The first-order chi connectivity index (χ1) is 14.7. The van der Waals surface area contributed by atoms with Crippen LogP contribution in [0.3, 0.4) is 0 Å². The SMILES string of the molecule is Cc1ccc(CCNC(=O)[C@H]2CCCN(C3CCN(Cc4ccncc4)CC3)C2)o1. The number of likely N-dealkylation sites (tertiary alicyclic amines) is 2. The van der Waals surface area contributed by atoms with E-state index in [9.17, 15) is 4.79 Å². The quantitative estimate of drug-likeness (QED) is 0.760. The molecule has 4 rings (SSSR count). The number of aryl methyl sites for hydroxylation is 1. The van der Waals surface area contributed by atoms with E-state index in [1.807, 2.05) is 31.5 Å². The fraction of sp³-hybridized carbons (Fsp3) is 0.583. The maximum atomic E-state index is 12.7. The third-order valence-corrected chi connectivity index (χ3v) is 6.52.